The summed E-state index contributed by atoms with van der Waals surface area (Å²) >= 11 is 3.88. The highest BCUT2D eigenvalue weighted by Crippen LogP contribution is 2.28. The second-order valence-electron chi connectivity index (χ2n) is 3.04. The molecule has 0 unspecified atom stereocenters. The van der Waals surface area contributed by atoms with Crippen molar-refractivity contribution in [2.75, 3.05) is 11.5 Å². The van der Waals surface area contributed by atoms with E-state index in [0.29, 0.717) is 0 Å². The first kappa shape index (κ1) is 9.79. The third kappa shape index (κ3) is 4.32. The second-order valence-corrected chi connectivity index (χ2v) is 5.26. The molecule has 0 atom stereocenters. The molecule has 1 fully saturated rings. The van der Waals surface area contributed by atoms with E-state index in [2.05, 4.69) is 18.0 Å². The van der Waals surface area contributed by atoms with Crippen LogP contribution in [-0.2, 0) is 0 Å². The van der Waals surface area contributed by atoms with E-state index in [0.717, 1.165) is 5.25 Å². The van der Waals surface area contributed by atoms with Gasteiger partial charge in [0.05, 0.1) is 0 Å². The molecule has 1 aliphatic carbocycles. The summed E-state index contributed by atoms with van der Waals surface area (Å²) in [5.74, 6) is 2.53. The van der Waals surface area contributed by atoms with Crippen LogP contribution in [0.15, 0.2) is 0 Å². The van der Waals surface area contributed by atoms with Gasteiger partial charge < -0.3 is 0 Å². The van der Waals surface area contributed by atoms with E-state index in [1.54, 1.807) is 11.8 Å². The second kappa shape index (κ2) is 6.24. The van der Waals surface area contributed by atoms with E-state index in [9.17, 15) is 0 Å². The third-order valence-electron chi connectivity index (χ3n) is 2.13. The van der Waals surface area contributed by atoms with Crippen LogP contribution in [0.5, 0.6) is 0 Å². The minimum Gasteiger partial charge on any atom is -0.160 e. The van der Waals surface area contributed by atoms with Gasteiger partial charge in [0.1, 0.15) is 0 Å². The van der Waals surface area contributed by atoms with E-state index < -0.39 is 0 Å². The molecular weight excluding hydrogens is 172 g/mol. The van der Waals surface area contributed by atoms with Crippen LogP contribution >= 0.6 is 23.5 Å². The minimum atomic E-state index is 0.982. The number of hydrogen-bond acceptors (Lipinski definition) is 2. The van der Waals surface area contributed by atoms with Gasteiger partial charge in [-0.1, -0.05) is 19.3 Å². The Kier molecular flexibility index (Phi) is 5.55. The van der Waals surface area contributed by atoms with Crippen molar-refractivity contribution in [3.8, 4) is 0 Å². The first-order valence-corrected chi connectivity index (χ1v) is 6.62. The average Bonchev–Trinajstić information content (AvgIpc) is 2.07. The Labute approximate surface area is 78.9 Å². The summed E-state index contributed by atoms with van der Waals surface area (Å²) < 4.78 is 0. The van der Waals surface area contributed by atoms with Gasteiger partial charge in [-0.2, -0.15) is 23.5 Å². The molecule has 1 rings (SSSR count). The molecule has 1 radical (unpaired) electrons. The lowest BCUT2D eigenvalue weighted by Gasteiger charge is -2.20. The van der Waals surface area contributed by atoms with E-state index in [1.165, 1.54) is 43.6 Å². The van der Waals surface area contributed by atoms with Crippen LogP contribution in [0.4, 0.5) is 0 Å². The summed E-state index contributed by atoms with van der Waals surface area (Å²) in [5, 5.41) is 0.982. The van der Waals surface area contributed by atoms with Gasteiger partial charge in [-0.15, -0.1) is 0 Å². The van der Waals surface area contributed by atoms with Gasteiger partial charge in [-0.05, 0) is 12.8 Å². The molecule has 0 bridgehead atoms. The molecule has 0 aromatic heterocycles. The predicted octanol–water partition coefficient (Wildman–Crippen LogP) is 3.58. The van der Waals surface area contributed by atoms with Crippen LogP contribution in [0.2, 0.25) is 0 Å². The number of hydrogen-bond donors (Lipinski definition) is 0. The predicted molar refractivity (Wildman–Crippen MR) is 57.1 cm³/mol. The van der Waals surface area contributed by atoms with Crippen LogP contribution in [0, 0.1) is 6.26 Å². The third-order valence-corrected chi connectivity index (χ3v) is 4.27. The lowest BCUT2D eigenvalue weighted by molar-refractivity contribution is 0.516. The Balaban J connectivity index is 1.96. The van der Waals surface area contributed by atoms with Gasteiger partial charge >= 0.3 is 0 Å². The van der Waals surface area contributed by atoms with Gasteiger partial charge in [-0.3, -0.25) is 0 Å². The Hall–Kier alpha value is 0.700. The lowest BCUT2D eigenvalue weighted by Crippen LogP contribution is -2.08. The van der Waals surface area contributed by atoms with Crippen molar-refractivity contribution in [1.29, 1.82) is 0 Å². The molecule has 0 amide bonds. The zero-order chi connectivity index (χ0) is 7.94. The molecule has 0 heterocycles. The molecule has 0 saturated heterocycles. The van der Waals surface area contributed by atoms with Crippen LogP contribution in [0.25, 0.3) is 0 Å². The largest absolute Gasteiger partial charge is 0.160 e. The summed E-state index contributed by atoms with van der Waals surface area (Å²) in [5.41, 5.74) is 0. The Morgan fingerprint density at radius 2 is 1.82 bits per heavy atom. The van der Waals surface area contributed by atoms with Crippen LogP contribution in [0.1, 0.15) is 32.1 Å². The fourth-order valence-electron chi connectivity index (χ4n) is 1.51. The van der Waals surface area contributed by atoms with Crippen molar-refractivity contribution < 1.29 is 0 Å². The molecule has 0 N–H and O–H groups in total. The molecule has 0 aliphatic heterocycles. The quantitative estimate of drug-likeness (QED) is 0.620. The van der Waals surface area contributed by atoms with E-state index in [4.69, 9.17) is 0 Å². The van der Waals surface area contributed by atoms with Crippen molar-refractivity contribution in [3.63, 3.8) is 0 Å². The molecule has 0 aromatic rings. The molecule has 65 valence electrons. The average molecular weight is 189 g/mol. The molecule has 1 aliphatic rings. The Bertz CT molecular complexity index is 87.6. The lowest BCUT2D eigenvalue weighted by atomic mass is 10.0. The van der Waals surface area contributed by atoms with E-state index >= 15 is 0 Å². The highest BCUT2D eigenvalue weighted by molar-refractivity contribution is 8.03. The van der Waals surface area contributed by atoms with Gasteiger partial charge in [0, 0.05) is 23.0 Å². The molecule has 0 nitrogen and oxygen atoms in total. The maximum absolute atomic E-state index is 3.77. The molecule has 11 heavy (non-hydrogen) atoms. The maximum atomic E-state index is 3.77. The van der Waals surface area contributed by atoms with Crippen molar-refractivity contribution in [2.45, 2.75) is 37.4 Å². The monoisotopic (exact) mass is 189 g/mol. The van der Waals surface area contributed by atoms with Crippen molar-refractivity contribution >= 4 is 23.5 Å². The zero-order valence-electron chi connectivity index (χ0n) is 7.05. The molecule has 0 spiro atoms. The summed E-state index contributed by atoms with van der Waals surface area (Å²) in [6.07, 6.45) is 11.1. The zero-order valence-corrected chi connectivity index (χ0v) is 8.68. The van der Waals surface area contributed by atoms with Crippen LogP contribution < -0.4 is 0 Å². The highest BCUT2D eigenvalue weighted by Gasteiger charge is 2.12. The summed E-state index contributed by atoms with van der Waals surface area (Å²) in [6.45, 7) is 0. The minimum absolute atomic E-state index is 0.982. The smallest absolute Gasteiger partial charge is 0.00473 e. The number of thioether (sulfide) groups is 2. The van der Waals surface area contributed by atoms with Crippen molar-refractivity contribution in [1.82, 2.24) is 0 Å². The van der Waals surface area contributed by atoms with Gasteiger partial charge in [0.2, 0.25) is 0 Å². The van der Waals surface area contributed by atoms with Gasteiger partial charge in [0.25, 0.3) is 0 Å². The van der Waals surface area contributed by atoms with Crippen molar-refractivity contribution in [2.24, 2.45) is 0 Å². The Morgan fingerprint density at radius 1 is 1.09 bits per heavy atom. The molecule has 1 saturated carbocycles. The molecule has 0 aromatic carbocycles. The summed E-state index contributed by atoms with van der Waals surface area (Å²) in [4.78, 5) is 0. The van der Waals surface area contributed by atoms with E-state index in [-0.39, 0.29) is 0 Å². The number of rotatable bonds is 4. The molecular formula is C9H17S2. The molecule has 2 heteroatoms. The van der Waals surface area contributed by atoms with Gasteiger partial charge in [0.15, 0.2) is 0 Å². The van der Waals surface area contributed by atoms with E-state index in [1.807, 2.05) is 0 Å². The SMILES string of the molecule is [CH2]SCCSC1CCCCC1. The first-order valence-electron chi connectivity index (χ1n) is 4.42. The van der Waals surface area contributed by atoms with Crippen LogP contribution in [0.3, 0.4) is 0 Å². The van der Waals surface area contributed by atoms with Crippen LogP contribution in [-0.4, -0.2) is 16.8 Å². The Morgan fingerprint density at radius 3 is 2.45 bits per heavy atom. The maximum Gasteiger partial charge on any atom is 0.00473 e. The fraction of sp³-hybridized carbons (Fsp3) is 0.889. The standard InChI is InChI=1S/C9H17S2/c1-10-7-8-11-9-5-3-2-4-6-9/h9H,1-8H2. The van der Waals surface area contributed by atoms with Crippen molar-refractivity contribution in [3.05, 3.63) is 6.26 Å². The first-order chi connectivity index (χ1) is 5.43. The summed E-state index contributed by atoms with van der Waals surface area (Å²) in [6, 6.07) is 0. The van der Waals surface area contributed by atoms with Gasteiger partial charge in [-0.25, -0.2) is 0 Å². The topological polar surface area (TPSA) is 0 Å². The summed E-state index contributed by atoms with van der Waals surface area (Å²) in [7, 11) is 0. The fourth-order valence-corrected chi connectivity index (χ4v) is 3.36. The normalized spacial score (nSPS) is 20.5. The highest BCUT2D eigenvalue weighted by atomic mass is 32.2.